The minimum Gasteiger partial charge on any atom is -0.493 e. The number of nitrogens with one attached hydrogen (secondary N) is 2. The van der Waals surface area contributed by atoms with Gasteiger partial charge >= 0.3 is 5.97 Å². The number of carbonyl (C=O) groups is 2. The van der Waals surface area contributed by atoms with Crippen LogP contribution in [0, 0.1) is 0 Å². The van der Waals surface area contributed by atoms with E-state index in [9.17, 15) is 9.59 Å². The van der Waals surface area contributed by atoms with Crippen LogP contribution >= 0.6 is 0 Å². The van der Waals surface area contributed by atoms with E-state index in [4.69, 9.17) is 14.2 Å². The lowest BCUT2D eigenvalue weighted by molar-refractivity contribution is -0.142. The summed E-state index contributed by atoms with van der Waals surface area (Å²) < 4.78 is 15.6. The fourth-order valence-electron chi connectivity index (χ4n) is 3.27. The van der Waals surface area contributed by atoms with Crippen LogP contribution in [0.25, 0.3) is 5.57 Å². The maximum atomic E-state index is 12.3. The maximum Gasteiger partial charge on any atom is 0.310 e. The van der Waals surface area contributed by atoms with Gasteiger partial charge in [-0.1, -0.05) is 18.2 Å². The first-order valence-electron chi connectivity index (χ1n) is 9.82. The molecule has 7 heteroatoms. The van der Waals surface area contributed by atoms with Crippen molar-refractivity contribution in [2.24, 2.45) is 0 Å². The van der Waals surface area contributed by atoms with Gasteiger partial charge in [0.05, 0.1) is 32.9 Å². The molecule has 158 valence electrons. The first-order chi connectivity index (χ1) is 14.5. The number of methoxy groups -OCH3 is 2. The first-order valence-corrected chi connectivity index (χ1v) is 9.82. The lowest BCUT2D eigenvalue weighted by Gasteiger charge is -2.09. The van der Waals surface area contributed by atoms with Crippen LogP contribution < -0.4 is 20.1 Å². The Morgan fingerprint density at radius 2 is 1.80 bits per heavy atom. The Balaban J connectivity index is 1.59. The minimum atomic E-state index is -0.228. The summed E-state index contributed by atoms with van der Waals surface area (Å²) in [4.78, 5) is 23.9. The van der Waals surface area contributed by atoms with Crippen LogP contribution in [-0.4, -0.2) is 39.2 Å². The van der Waals surface area contributed by atoms with Crippen molar-refractivity contribution >= 4 is 28.8 Å². The van der Waals surface area contributed by atoms with Crippen LogP contribution in [0.5, 0.6) is 11.5 Å². The van der Waals surface area contributed by atoms with Crippen LogP contribution in [0.1, 0.15) is 24.5 Å². The van der Waals surface area contributed by atoms with E-state index < -0.39 is 0 Å². The number of anilines is 2. The quantitative estimate of drug-likeness (QED) is 0.373. The zero-order chi connectivity index (χ0) is 21.5. The van der Waals surface area contributed by atoms with E-state index in [0.717, 1.165) is 16.8 Å². The van der Waals surface area contributed by atoms with Gasteiger partial charge in [-0.2, -0.15) is 0 Å². The van der Waals surface area contributed by atoms with Crippen molar-refractivity contribution in [2.75, 3.05) is 38.0 Å². The number of hydrogen-bond donors (Lipinski definition) is 2. The van der Waals surface area contributed by atoms with E-state index in [-0.39, 0.29) is 18.3 Å². The van der Waals surface area contributed by atoms with Gasteiger partial charge < -0.3 is 24.8 Å². The van der Waals surface area contributed by atoms with Crippen LogP contribution in [0.4, 0.5) is 11.4 Å². The average Bonchev–Trinajstić information content (AvgIpc) is 3.05. The molecule has 0 radical (unpaired) electrons. The molecule has 0 aromatic heterocycles. The predicted octanol–water partition coefficient (Wildman–Crippen LogP) is 3.65. The normalized spacial score (nSPS) is 13.6. The molecule has 1 aliphatic rings. The van der Waals surface area contributed by atoms with Crippen molar-refractivity contribution < 1.29 is 23.8 Å². The molecule has 0 bridgehead atoms. The van der Waals surface area contributed by atoms with Gasteiger partial charge in [0.2, 0.25) is 0 Å². The highest BCUT2D eigenvalue weighted by Crippen LogP contribution is 2.40. The number of rotatable bonds is 9. The fourth-order valence-corrected chi connectivity index (χ4v) is 3.27. The van der Waals surface area contributed by atoms with E-state index >= 15 is 0 Å². The molecule has 2 N–H and O–H groups in total. The average molecular weight is 410 g/mol. The molecule has 2 aromatic rings. The number of amides is 1. The molecule has 0 saturated heterocycles. The Morgan fingerprint density at radius 1 is 1.10 bits per heavy atom. The standard InChI is InChI=1S/C23H26N2O5/c1-4-30-22(26)12-15-7-9-16(10-8-15)24-11-5-6-17-18-13-20(28-2)21(29-3)14-19(18)25-23(17)27/h6-10,13-14,24H,4-5,11-12H2,1-3H3,(H,25,27). The molecular weight excluding hydrogens is 384 g/mol. The van der Waals surface area contributed by atoms with Gasteiger partial charge in [-0.05, 0) is 37.1 Å². The second-order valence-electron chi connectivity index (χ2n) is 6.72. The molecule has 1 heterocycles. The van der Waals surface area contributed by atoms with Crippen LogP contribution in [0.2, 0.25) is 0 Å². The zero-order valence-electron chi connectivity index (χ0n) is 17.4. The summed E-state index contributed by atoms with van der Waals surface area (Å²) in [6, 6.07) is 11.2. The number of fused-ring (bicyclic) bond motifs is 1. The first kappa shape index (κ1) is 21.2. The third-order valence-corrected chi connectivity index (χ3v) is 4.74. The summed E-state index contributed by atoms with van der Waals surface area (Å²) >= 11 is 0. The number of ether oxygens (including phenoxy) is 3. The monoisotopic (exact) mass is 410 g/mol. The Hall–Kier alpha value is -3.48. The molecule has 0 fully saturated rings. The lowest BCUT2D eigenvalue weighted by atomic mass is 10.1. The zero-order valence-corrected chi connectivity index (χ0v) is 17.4. The lowest BCUT2D eigenvalue weighted by Crippen LogP contribution is -2.07. The van der Waals surface area contributed by atoms with Crippen molar-refractivity contribution in [3.63, 3.8) is 0 Å². The fraction of sp³-hybridized carbons (Fsp3) is 0.304. The second-order valence-corrected chi connectivity index (χ2v) is 6.72. The van der Waals surface area contributed by atoms with Gasteiger partial charge in [0, 0.05) is 29.4 Å². The highest BCUT2D eigenvalue weighted by molar-refractivity contribution is 6.31. The molecule has 0 saturated carbocycles. The molecule has 30 heavy (non-hydrogen) atoms. The second kappa shape index (κ2) is 9.82. The Labute approximate surface area is 176 Å². The summed E-state index contributed by atoms with van der Waals surface area (Å²) in [5.74, 6) is 0.795. The molecule has 0 unspecified atom stereocenters. The number of esters is 1. The van der Waals surface area contributed by atoms with Gasteiger partial charge in [0.1, 0.15) is 0 Å². The third-order valence-electron chi connectivity index (χ3n) is 4.74. The van der Waals surface area contributed by atoms with Crippen molar-refractivity contribution in [1.82, 2.24) is 0 Å². The van der Waals surface area contributed by atoms with Gasteiger partial charge in [-0.25, -0.2) is 0 Å². The van der Waals surface area contributed by atoms with E-state index in [1.165, 1.54) is 0 Å². The van der Waals surface area contributed by atoms with Gasteiger partial charge in [-0.15, -0.1) is 0 Å². The highest BCUT2D eigenvalue weighted by Gasteiger charge is 2.26. The Bertz CT molecular complexity index is 951. The van der Waals surface area contributed by atoms with Crippen molar-refractivity contribution in [2.45, 2.75) is 19.8 Å². The smallest absolute Gasteiger partial charge is 0.310 e. The maximum absolute atomic E-state index is 12.3. The van der Waals surface area contributed by atoms with Gasteiger partial charge in [-0.3, -0.25) is 9.59 Å². The molecule has 1 amide bonds. The highest BCUT2D eigenvalue weighted by atomic mass is 16.5. The topological polar surface area (TPSA) is 85.9 Å². The summed E-state index contributed by atoms with van der Waals surface area (Å²) in [6.07, 6.45) is 2.85. The Kier molecular flexibility index (Phi) is 6.95. The largest absolute Gasteiger partial charge is 0.493 e. The molecule has 0 aliphatic carbocycles. The molecule has 7 nitrogen and oxygen atoms in total. The van der Waals surface area contributed by atoms with Crippen molar-refractivity contribution in [3.8, 4) is 11.5 Å². The van der Waals surface area contributed by atoms with Crippen molar-refractivity contribution in [3.05, 3.63) is 53.6 Å². The van der Waals surface area contributed by atoms with Crippen molar-refractivity contribution in [1.29, 1.82) is 0 Å². The van der Waals surface area contributed by atoms with Crippen LogP contribution in [-0.2, 0) is 20.7 Å². The van der Waals surface area contributed by atoms with Crippen LogP contribution in [0.3, 0.4) is 0 Å². The third kappa shape index (κ3) is 4.92. The molecular formula is C23H26N2O5. The van der Waals surface area contributed by atoms with Crippen LogP contribution in [0.15, 0.2) is 42.5 Å². The molecule has 1 aliphatic heterocycles. The molecule has 3 rings (SSSR count). The Morgan fingerprint density at radius 3 is 2.47 bits per heavy atom. The number of hydrogen-bond acceptors (Lipinski definition) is 6. The molecule has 2 aromatic carbocycles. The van der Waals surface area contributed by atoms with E-state index in [2.05, 4.69) is 10.6 Å². The minimum absolute atomic E-state index is 0.136. The summed E-state index contributed by atoms with van der Waals surface area (Å²) in [7, 11) is 3.13. The SMILES string of the molecule is CCOC(=O)Cc1ccc(NCCC=C2C(=O)Nc3cc(OC)c(OC)cc32)cc1. The van der Waals surface area contributed by atoms with E-state index in [1.807, 2.05) is 36.4 Å². The van der Waals surface area contributed by atoms with E-state index in [1.54, 1.807) is 27.2 Å². The predicted molar refractivity (Wildman–Crippen MR) is 116 cm³/mol. The number of benzene rings is 2. The summed E-state index contributed by atoms with van der Waals surface area (Å²) in [5.41, 5.74) is 4.00. The van der Waals surface area contributed by atoms with E-state index in [0.29, 0.717) is 42.3 Å². The number of carbonyl (C=O) groups excluding carboxylic acids is 2. The summed E-state index contributed by atoms with van der Waals surface area (Å²) in [5, 5.41) is 6.18. The van der Waals surface area contributed by atoms with Gasteiger partial charge in [0.25, 0.3) is 5.91 Å². The summed E-state index contributed by atoms with van der Waals surface area (Å²) in [6.45, 7) is 2.84. The molecule has 0 spiro atoms. The van der Waals surface area contributed by atoms with Gasteiger partial charge in [0.15, 0.2) is 11.5 Å². The molecule has 0 atom stereocenters.